The minimum atomic E-state index is -3.66. The molecule has 24 heavy (non-hydrogen) atoms. The van der Waals surface area contributed by atoms with Crippen LogP contribution in [0.25, 0.3) is 0 Å². The van der Waals surface area contributed by atoms with Gasteiger partial charge in [0.25, 0.3) is 10.0 Å². The molecular weight excluding hydrogens is 326 g/mol. The first-order valence-electron chi connectivity index (χ1n) is 8.04. The van der Waals surface area contributed by atoms with Gasteiger partial charge in [-0.15, -0.1) is 0 Å². The number of rotatable bonds is 6. The molecule has 0 spiro atoms. The summed E-state index contributed by atoms with van der Waals surface area (Å²) >= 11 is 0. The van der Waals surface area contributed by atoms with Crippen LogP contribution in [0.15, 0.2) is 41.3 Å². The molecule has 0 radical (unpaired) electrons. The summed E-state index contributed by atoms with van der Waals surface area (Å²) in [6.45, 7) is 2.11. The van der Waals surface area contributed by atoms with E-state index in [2.05, 4.69) is 4.72 Å². The lowest BCUT2D eigenvalue weighted by atomic mass is 10.1. The minimum Gasteiger partial charge on any atom is -0.494 e. The van der Waals surface area contributed by atoms with Crippen molar-refractivity contribution >= 4 is 15.7 Å². The van der Waals surface area contributed by atoms with Gasteiger partial charge in [0.1, 0.15) is 5.75 Å². The van der Waals surface area contributed by atoms with Crippen LogP contribution in [-0.2, 0) is 29.5 Å². The van der Waals surface area contributed by atoms with Crippen molar-refractivity contribution in [3.8, 4) is 5.75 Å². The van der Waals surface area contributed by atoms with Crippen molar-refractivity contribution in [2.45, 2.75) is 37.7 Å². The first-order chi connectivity index (χ1) is 11.5. The van der Waals surface area contributed by atoms with Gasteiger partial charge in [-0.2, -0.15) is 0 Å². The number of fused-ring (bicyclic) bond motifs is 1. The number of ether oxygens (including phenoxy) is 1. The third kappa shape index (κ3) is 3.39. The molecule has 3 rings (SSSR count). The summed E-state index contributed by atoms with van der Waals surface area (Å²) in [5.41, 5.74) is 3.30. The van der Waals surface area contributed by atoms with Gasteiger partial charge in [-0.05, 0) is 67.6 Å². The minimum absolute atomic E-state index is 0.219. The van der Waals surface area contributed by atoms with Gasteiger partial charge in [-0.25, -0.2) is 8.42 Å². The number of aliphatic hydroxyl groups is 1. The summed E-state index contributed by atoms with van der Waals surface area (Å²) in [4.78, 5) is 0.266. The lowest BCUT2D eigenvalue weighted by Gasteiger charge is -2.13. The van der Waals surface area contributed by atoms with E-state index < -0.39 is 10.0 Å². The lowest BCUT2D eigenvalue weighted by Crippen LogP contribution is -2.13. The first kappa shape index (κ1) is 16.8. The fourth-order valence-electron chi connectivity index (χ4n) is 2.99. The lowest BCUT2D eigenvalue weighted by molar-refractivity contribution is 0.267. The number of anilines is 1. The van der Waals surface area contributed by atoms with E-state index in [-0.39, 0.29) is 11.5 Å². The molecule has 2 aromatic rings. The molecule has 0 aliphatic heterocycles. The molecule has 128 valence electrons. The van der Waals surface area contributed by atoms with Crippen LogP contribution in [0.1, 0.15) is 30.0 Å². The Morgan fingerprint density at radius 1 is 1.12 bits per heavy atom. The van der Waals surface area contributed by atoms with Gasteiger partial charge in [0.05, 0.1) is 18.1 Å². The van der Waals surface area contributed by atoms with Gasteiger partial charge >= 0.3 is 0 Å². The monoisotopic (exact) mass is 347 g/mol. The first-order valence-corrected chi connectivity index (χ1v) is 9.53. The normalized spacial score (nSPS) is 13.6. The SMILES string of the molecule is CCOc1ccc(NS(=O)(=O)c2ccc3c(c2)CCC3)cc1CO. The Labute approximate surface area is 142 Å². The third-order valence-corrected chi connectivity index (χ3v) is 5.54. The zero-order valence-corrected chi connectivity index (χ0v) is 14.4. The van der Waals surface area contributed by atoms with Gasteiger partial charge < -0.3 is 9.84 Å². The Kier molecular flexibility index (Phi) is 4.78. The van der Waals surface area contributed by atoms with Crippen molar-refractivity contribution in [2.24, 2.45) is 0 Å². The third-order valence-electron chi connectivity index (χ3n) is 4.16. The van der Waals surface area contributed by atoms with Crippen LogP contribution < -0.4 is 9.46 Å². The standard InChI is InChI=1S/C18H21NO4S/c1-2-23-18-9-7-16(10-15(18)12-20)19-24(21,22)17-8-6-13-4-3-5-14(13)11-17/h6-11,19-20H,2-5,12H2,1H3. The molecule has 0 fully saturated rings. The van der Waals surface area contributed by atoms with E-state index in [1.807, 2.05) is 13.0 Å². The van der Waals surface area contributed by atoms with Crippen molar-refractivity contribution in [1.29, 1.82) is 0 Å². The number of benzene rings is 2. The zero-order chi connectivity index (χ0) is 17.2. The largest absolute Gasteiger partial charge is 0.494 e. The molecule has 0 heterocycles. The summed E-state index contributed by atoms with van der Waals surface area (Å²) in [5, 5.41) is 9.43. The number of sulfonamides is 1. The summed E-state index contributed by atoms with van der Waals surface area (Å²) in [6, 6.07) is 10.2. The summed E-state index contributed by atoms with van der Waals surface area (Å²) < 4.78 is 33.2. The highest BCUT2D eigenvalue weighted by atomic mass is 32.2. The fraction of sp³-hybridized carbons (Fsp3) is 0.333. The van der Waals surface area contributed by atoms with Crippen LogP contribution in [0.2, 0.25) is 0 Å². The molecule has 0 bridgehead atoms. The van der Waals surface area contributed by atoms with Crippen LogP contribution in [0.4, 0.5) is 5.69 Å². The van der Waals surface area contributed by atoms with E-state index in [4.69, 9.17) is 4.74 Å². The second-order valence-electron chi connectivity index (χ2n) is 5.80. The van der Waals surface area contributed by atoms with Crippen molar-refractivity contribution in [1.82, 2.24) is 0 Å². The summed E-state index contributed by atoms with van der Waals surface area (Å²) in [5.74, 6) is 0.556. The van der Waals surface area contributed by atoms with Gasteiger partial charge in [-0.3, -0.25) is 4.72 Å². The topological polar surface area (TPSA) is 75.6 Å². The maximum Gasteiger partial charge on any atom is 0.261 e. The van der Waals surface area contributed by atoms with Crippen molar-refractivity contribution in [2.75, 3.05) is 11.3 Å². The molecule has 1 aliphatic carbocycles. The molecule has 5 nitrogen and oxygen atoms in total. The van der Waals surface area contributed by atoms with Gasteiger partial charge in [0.15, 0.2) is 0 Å². The predicted octanol–water partition coefficient (Wildman–Crippen LogP) is 2.87. The van der Waals surface area contributed by atoms with Crippen LogP contribution >= 0.6 is 0 Å². The predicted molar refractivity (Wildman–Crippen MR) is 92.8 cm³/mol. The van der Waals surface area contributed by atoms with Gasteiger partial charge in [-0.1, -0.05) is 6.07 Å². The highest BCUT2D eigenvalue weighted by Crippen LogP contribution is 2.27. The number of hydrogen-bond donors (Lipinski definition) is 2. The smallest absolute Gasteiger partial charge is 0.261 e. The number of hydrogen-bond acceptors (Lipinski definition) is 4. The fourth-order valence-corrected chi connectivity index (χ4v) is 4.09. The zero-order valence-electron chi connectivity index (χ0n) is 13.6. The van der Waals surface area contributed by atoms with Crippen LogP contribution in [-0.4, -0.2) is 20.1 Å². The second kappa shape index (κ2) is 6.83. The molecule has 2 aromatic carbocycles. The Bertz CT molecular complexity index is 846. The Morgan fingerprint density at radius 3 is 2.67 bits per heavy atom. The molecule has 0 saturated heterocycles. The number of aliphatic hydroxyl groups excluding tert-OH is 1. The Hall–Kier alpha value is -2.05. The highest BCUT2D eigenvalue weighted by Gasteiger charge is 2.19. The molecule has 0 amide bonds. The quantitative estimate of drug-likeness (QED) is 0.842. The average Bonchev–Trinajstić information content (AvgIpc) is 3.03. The molecule has 0 saturated carbocycles. The van der Waals surface area contributed by atoms with E-state index in [9.17, 15) is 13.5 Å². The molecule has 0 aromatic heterocycles. The van der Waals surface area contributed by atoms with E-state index in [1.165, 1.54) is 5.56 Å². The van der Waals surface area contributed by atoms with Crippen LogP contribution in [0.3, 0.4) is 0 Å². The van der Waals surface area contributed by atoms with E-state index in [0.717, 1.165) is 24.8 Å². The summed E-state index contributed by atoms with van der Waals surface area (Å²) in [6.07, 6.45) is 3.02. The maximum atomic E-state index is 12.6. The van der Waals surface area contributed by atoms with E-state index in [1.54, 1.807) is 30.3 Å². The van der Waals surface area contributed by atoms with E-state index >= 15 is 0 Å². The van der Waals surface area contributed by atoms with Crippen molar-refractivity contribution in [3.05, 3.63) is 53.1 Å². The Morgan fingerprint density at radius 2 is 1.92 bits per heavy atom. The van der Waals surface area contributed by atoms with Crippen LogP contribution in [0.5, 0.6) is 5.75 Å². The molecule has 0 atom stereocenters. The Balaban J connectivity index is 1.86. The van der Waals surface area contributed by atoms with Gasteiger partial charge in [0.2, 0.25) is 0 Å². The maximum absolute atomic E-state index is 12.6. The molecule has 0 unspecified atom stereocenters. The number of nitrogens with one attached hydrogen (secondary N) is 1. The number of aryl methyl sites for hydroxylation is 2. The van der Waals surface area contributed by atoms with Crippen molar-refractivity contribution in [3.63, 3.8) is 0 Å². The molecule has 6 heteroatoms. The second-order valence-corrected chi connectivity index (χ2v) is 7.49. The molecule has 1 aliphatic rings. The van der Waals surface area contributed by atoms with Gasteiger partial charge in [0, 0.05) is 11.3 Å². The highest BCUT2D eigenvalue weighted by molar-refractivity contribution is 7.92. The molecule has 2 N–H and O–H groups in total. The van der Waals surface area contributed by atoms with Crippen molar-refractivity contribution < 1.29 is 18.3 Å². The average molecular weight is 347 g/mol. The summed E-state index contributed by atoms with van der Waals surface area (Å²) in [7, 11) is -3.66. The van der Waals surface area contributed by atoms with Crippen LogP contribution in [0, 0.1) is 0 Å². The molecular formula is C18H21NO4S. The van der Waals surface area contributed by atoms with E-state index in [0.29, 0.717) is 23.6 Å².